The van der Waals surface area contributed by atoms with Crippen LogP contribution in [0.15, 0.2) is 52.4 Å². The maximum atomic E-state index is 12.7. The van der Waals surface area contributed by atoms with Crippen LogP contribution in [0.4, 0.5) is 0 Å². The predicted molar refractivity (Wildman–Crippen MR) is 115 cm³/mol. The molecule has 0 radical (unpaired) electrons. The Morgan fingerprint density at radius 2 is 1.86 bits per heavy atom. The van der Waals surface area contributed by atoms with Crippen molar-refractivity contribution in [1.29, 1.82) is 0 Å². The van der Waals surface area contributed by atoms with Gasteiger partial charge in [0.05, 0.1) is 21.7 Å². The minimum absolute atomic E-state index is 0.00486. The summed E-state index contributed by atoms with van der Waals surface area (Å²) < 4.78 is 25.6. The summed E-state index contributed by atoms with van der Waals surface area (Å²) in [5.74, 6) is 2.15. The minimum Gasteiger partial charge on any atom is -0.305 e. The first-order valence-corrected chi connectivity index (χ1v) is 11.2. The van der Waals surface area contributed by atoms with E-state index in [2.05, 4.69) is 31.7 Å². The Labute approximate surface area is 173 Å². The summed E-state index contributed by atoms with van der Waals surface area (Å²) in [7, 11) is -3.83. The van der Waals surface area contributed by atoms with Crippen LogP contribution in [0.5, 0.6) is 0 Å². The fourth-order valence-corrected chi connectivity index (χ4v) is 4.51. The molecule has 0 aliphatic carbocycles. The molecule has 3 rings (SSSR count). The van der Waals surface area contributed by atoms with E-state index in [9.17, 15) is 13.2 Å². The summed E-state index contributed by atoms with van der Waals surface area (Å²) >= 11 is 1.18. The van der Waals surface area contributed by atoms with Gasteiger partial charge in [0.15, 0.2) is 4.80 Å². The van der Waals surface area contributed by atoms with Crippen molar-refractivity contribution in [3.8, 4) is 12.3 Å². The number of thiazole rings is 1. The first-order chi connectivity index (χ1) is 13.5. The predicted octanol–water partition coefficient (Wildman–Crippen LogP) is 3.02. The molecule has 0 unspecified atom stereocenters. The van der Waals surface area contributed by atoms with E-state index in [0.29, 0.717) is 20.6 Å². The Morgan fingerprint density at radius 1 is 1.21 bits per heavy atom. The van der Waals surface area contributed by atoms with Gasteiger partial charge in [-0.2, -0.15) is 4.99 Å². The van der Waals surface area contributed by atoms with Gasteiger partial charge in [-0.25, -0.2) is 13.6 Å². The molecule has 1 aromatic heterocycles. The van der Waals surface area contributed by atoms with Crippen LogP contribution in [0.25, 0.3) is 10.2 Å². The topological polar surface area (TPSA) is 94.5 Å². The standard InChI is InChI=1S/C21H21N3O3S2/c1-5-12-24-17-11-10-16(29(22,26)27)13-18(17)28-20(24)23-19(25)14-6-8-15(9-7-14)21(2,3)4/h1,6-11,13H,12H2,2-4H3,(H2,22,26,27). The van der Waals surface area contributed by atoms with E-state index in [4.69, 9.17) is 11.6 Å². The monoisotopic (exact) mass is 427 g/mol. The average molecular weight is 428 g/mol. The Balaban J connectivity index is 2.10. The highest BCUT2D eigenvalue weighted by molar-refractivity contribution is 7.89. The van der Waals surface area contributed by atoms with Gasteiger partial charge in [-0.1, -0.05) is 50.2 Å². The highest BCUT2D eigenvalue weighted by Gasteiger charge is 2.15. The lowest BCUT2D eigenvalue weighted by molar-refractivity contribution is 0.0998. The SMILES string of the molecule is C#CCn1c(=NC(=O)c2ccc(C(C)(C)C)cc2)sc2cc(S(N)(=O)=O)ccc21. The molecule has 0 aliphatic heterocycles. The van der Waals surface area contributed by atoms with E-state index in [1.165, 1.54) is 23.5 Å². The summed E-state index contributed by atoms with van der Waals surface area (Å²) in [5.41, 5.74) is 2.26. The van der Waals surface area contributed by atoms with Crippen LogP contribution >= 0.6 is 11.3 Å². The third-order valence-electron chi connectivity index (χ3n) is 4.43. The van der Waals surface area contributed by atoms with Crippen molar-refractivity contribution in [2.24, 2.45) is 10.1 Å². The minimum atomic E-state index is -3.83. The van der Waals surface area contributed by atoms with Crippen LogP contribution in [0.2, 0.25) is 0 Å². The summed E-state index contributed by atoms with van der Waals surface area (Å²) in [5, 5.41) is 5.21. The van der Waals surface area contributed by atoms with E-state index < -0.39 is 15.9 Å². The number of hydrogen-bond donors (Lipinski definition) is 1. The zero-order chi connectivity index (χ0) is 21.4. The van der Waals surface area contributed by atoms with Gasteiger partial charge in [0.2, 0.25) is 10.0 Å². The van der Waals surface area contributed by atoms with Gasteiger partial charge in [-0.15, -0.1) is 6.42 Å². The molecule has 3 aromatic rings. The molecular weight excluding hydrogens is 406 g/mol. The lowest BCUT2D eigenvalue weighted by atomic mass is 9.87. The molecule has 29 heavy (non-hydrogen) atoms. The number of rotatable bonds is 3. The van der Waals surface area contributed by atoms with E-state index >= 15 is 0 Å². The molecule has 2 N–H and O–H groups in total. The lowest BCUT2D eigenvalue weighted by Crippen LogP contribution is -2.17. The molecule has 0 spiro atoms. The van der Waals surface area contributed by atoms with Crippen LogP contribution in [0.1, 0.15) is 36.7 Å². The van der Waals surface area contributed by atoms with Crippen molar-refractivity contribution in [2.45, 2.75) is 37.6 Å². The van der Waals surface area contributed by atoms with Gasteiger partial charge in [-0.05, 0) is 41.3 Å². The fraction of sp³-hybridized carbons (Fsp3) is 0.238. The first-order valence-electron chi connectivity index (χ1n) is 8.80. The molecule has 0 saturated carbocycles. The van der Waals surface area contributed by atoms with Gasteiger partial charge >= 0.3 is 0 Å². The van der Waals surface area contributed by atoms with Gasteiger partial charge in [0.25, 0.3) is 5.91 Å². The van der Waals surface area contributed by atoms with Crippen LogP contribution in [0.3, 0.4) is 0 Å². The Bertz CT molecular complexity index is 1300. The van der Waals surface area contributed by atoms with E-state index in [-0.39, 0.29) is 16.9 Å². The quantitative estimate of drug-likeness (QED) is 0.651. The molecule has 0 aliphatic rings. The summed E-state index contributed by atoms with van der Waals surface area (Å²) in [6.45, 7) is 6.50. The van der Waals surface area contributed by atoms with E-state index in [1.807, 2.05) is 12.1 Å². The number of fused-ring (bicyclic) bond motifs is 1. The Kier molecular flexibility index (Phi) is 5.50. The maximum Gasteiger partial charge on any atom is 0.279 e. The van der Waals surface area contributed by atoms with Gasteiger partial charge in [0, 0.05) is 5.56 Å². The van der Waals surface area contributed by atoms with Crippen molar-refractivity contribution in [3.63, 3.8) is 0 Å². The maximum absolute atomic E-state index is 12.7. The van der Waals surface area contributed by atoms with E-state index in [0.717, 1.165) is 5.56 Å². The first kappa shape index (κ1) is 21.0. The van der Waals surface area contributed by atoms with Crippen molar-refractivity contribution < 1.29 is 13.2 Å². The fourth-order valence-electron chi connectivity index (χ4n) is 2.82. The number of hydrogen-bond acceptors (Lipinski definition) is 4. The molecule has 0 atom stereocenters. The molecule has 1 amide bonds. The second-order valence-electron chi connectivity index (χ2n) is 7.59. The number of aromatic nitrogens is 1. The van der Waals surface area contributed by atoms with Crippen LogP contribution in [-0.4, -0.2) is 18.9 Å². The lowest BCUT2D eigenvalue weighted by Gasteiger charge is -2.18. The van der Waals surface area contributed by atoms with Crippen LogP contribution < -0.4 is 9.94 Å². The molecule has 1 heterocycles. The zero-order valence-electron chi connectivity index (χ0n) is 16.3. The average Bonchev–Trinajstić information content (AvgIpc) is 2.97. The molecule has 150 valence electrons. The zero-order valence-corrected chi connectivity index (χ0v) is 18.0. The van der Waals surface area contributed by atoms with Gasteiger partial charge in [0.1, 0.15) is 0 Å². The molecular formula is C21H21N3O3S2. The molecule has 0 bridgehead atoms. The second kappa shape index (κ2) is 7.59. The number of sulfonamides is 1. The summed E-state index contributed by atoms with van der Waals surface area (Å²) in [6.07, 6.45) is 5.47. The van der Waals surface area contributed by atoms with Crippen molar-refractivity contribution in [2.75, 3.05) is 0 Å². The normalized spacial score (nSPS) is 12.9. The van der Waals surface area contributed by atoms with Crippen molar-refractivity contribution in [3.05, 3.63) is 58.4 Å². The number of carbonyl (C=O) groups excluding carboxylic acids is 1. The smallest absolute Gasteiger partial charge is 0.279 e. The third-order valence-corrected chi connectivity index (χ3v) is 6.38. The number of benzene rings is 2. The number of nitrogens with two attached hydrogens (primary N) is 1. The van der Waals surface area contributed by atoms with Crippen LogP contribution in [0, 0.1) is 12.3 Å². The summed E-state index contributed by atoms with van der Waals surface area (Å²) in [4.78, 5) is 17.3. The number of nitrogens with zero attached hydrogens (tertiary/aromatic N) is 2. The summed E-state index contributed by atoms with van der Waals surface area (Å²) in [6, 6.07) is 11.8. The molecule has 0 fully saturated rings. The second-order valence-corrected chi connectivity index (χ2v) is 10.2. The molecule has 8 heteroatoms. The van der Waals surface area contributed by atoms with Crippen molar-refractivity contribution in [1.82, 2.24) is 4.57 Å². The molecule has 6 nitrogen and oxygen atoms in total. The Hall–Kier alpha value is -2.73. The number of carbonyl (C=O) groups is 1. The largest absolute Gasteiger partial charge is 0.305 e. The van der Waals surface area contributed by atoms with Gasteiger partial charge < -0.3 is 4.57 Å². The third kappa shape index (κ3) is 4.48. The number of primary sulfonamides is 1. The number of amides is 1. The highest BCUT2D eigenvalue weighted by Crippen LogP contribution is 2.23. The van der Waals surface area contributed by atoms with Crippen molar-refractivity contribution >= 4 is 37.5 Å². The Morgan fingerprint density at radius 3 is 2.41 bits per heavy atom. The number of terminal acetylenes is 1. The molecule has 2 aromatic carbocycles. The van der Waals surface area contributed by atoms with Gasteiger partial charge in [-0.3, -0.25) is 4.79 Å². The highest BCUT2D eigenvalue weighted by atomic mass is 32.2. The van der Waals surface area contributed by atoms with E-state index in [1.54, 1.807) is 22.8 Å². The van der Waals surface area contributed by atoms with Crippen LogP contribution in [-0.2, 0) is 22.0 Å². The molecule has 0 saturated heterocycles.